The molecule has 0 radical (unpaired) electrons. The third-order valence-electron chi connectivity index (χ3n) is 4.87. The Balaban J connectivity index is 1.38. The number of pyridine rings is 1. The maximum Gasteiger partial charge on any atom is 0.321 e. The number of carbonyl (C=O) groups excluding carboxylic acids is 2. The van der Waals surface area contributed by atoms with Crippen LogP contribution in [0.4, 0.5) is 10.5 Å². The fourth-order valence-corrected chi connectivity index (χ4v) is 3.35. The predicted molar refractivity (Wildman–Crippen MR) is 107 cm³/mol. The van der Waals surface area contributed by atoms with Crippen LogP contribution < -0.4 is 10.6 Å². The van der Waals surface area contributed by atoms with E-state index in [4.69, 9.17) is 0 Å². The molecule has 0 aliphatic carbocycles. The third kappa shape index (κ3) is 3.98. The van der Waals surface area contributed by atoms with E-state index in [1.807, 2.05) is 58.8 Å². The molecule has 2 N–H and O–H groups in total. The van der Waals surface area contributed by atoms with Crippen LogP contribution in [0.3, 0.4) is 0 Å². The first-order chi connectivity index (χ1) is 13.6. The van der Waals surface area contributed by atoms with E-state index in [0.29, 0.717) is 12.2 Å². The fraction of sp³-hybridized carbons (Fsp3) is 0.286. The largest absolute Gasteiger partial charge is 0.347 e. The molecular weight excluding hydrogens is 354 g/mol. The van der Waals surface area contributed by atoms with Gasteiger partial charge < -0.3 is 19.9 Å². The summed E-state index contributed by atoms with van der Waals surface area (Å²) >= 11 is 0. The molecule has 0 spiro atoms. The highest BCUT2D eigenvalue weighted by atomic mass is 16.2. The zero-order chi connectivity index (χ0) is 19.5. The summed E-state index contributed by atoms with van der Waals surface area (Å²) in [5.74, 6) is -0.229. The van der Waals surface area contributed by atoms with Gasteiger partial charge in [0.25, 0.3) is 5.91 Å². The number of hydrogen-bond acceptors (Lipinski definition) is 3. The molecule has 1 fully saturated rings. The molecule has 4 rings (SSSR count). The lowest BCUT2D eigenvalue weighted by molar-refractivity contribution is 0.0946. The Morgan fingerprint density at radius 3 is 2.79 bits per heavy atom. The Bertz CT molecular complexity index is 1020. The SMILES string of the molecule is Cc1ccn2cc(C(=O)NCc3cccc(NC(=O)N4CCCC4)c3)nc2c1. The summed E-state index contributed by atoms with van der Waals surface area (Å²) in [6.45, 7) is 3.96. The topological polar surface area (TPSA) is 78.7 Å². The summed E-state index contributed by atoms with van der Waals surface area (Å²) in [4.78, 5) is 30.9. The van der Waals surface area contributed by atoms with Crippen LogP contribution in [0.15, 0.2) is 48.8 Å². The highest BCUT2D eigenvalue weighted by molar-refractivity contribution is 5.93. The normalized spacial score (nSPS) is 13.7. The molecule has 0 unspecified atom stereocenters. The van der Waals surface area contributed by atoms with Crippen molar-refractivity contribution in [3.63, 3.8) is 0 Å². The van der Waals surface area contributed by atoms with Gasteiger partial charge in [0.05, 0.1) is 0 Å². The standard InChI is InChI=1S/C21H23N5O2/c1-15-7-10-26-14-18(24-19(26)11-15)20(27)22-13-16-5-4-6-17(12-16)23-21(28)25-8-2-3-9-25/h4-7,10-12,14H,2-3,8-9,13H2,1H3,(H,22,27)(H,23,28). The van der Waals surface area contributed by atoms with Crippen molar-refractivity contribution >= 4 is 23.3 Å². The van der Waals surface area contributed by atoms with E-state index in [-0.39, 0.29) is 11.9 Å². The van der Waals surface area contributed by atoms with E-state index < -0.39 is 0 Å². The Hall–Kier alpha value is -3.35. The van der Waals surface area contributed by atoms with Crippen LogP contribution in [0, 0.1) is 6.92 Å². The Kier molecular flexibility index (Phi) is 4.97. The van der Waals surface area contributed by atoms with Crippen molar-refractivity contribution in [2.45, 2.75) is 26.3 Å². The maximum absolute atomic E-state index is 12.4. The number of nitrogens with one attached hydrogen (secondary N) is 2. The van der Waals surface area contributed by atoms with Gasteiger partial charge in [-0.2, -0.15) is 0 Å². The van der Waals surface area contributed by atoms with Crippen LogP contribution in [-0.4, -0.2) is 39.3 Å². The van der Waals surface area contributed by atoms with Crippen molar-refractivity contribution in [1.82, 2.24) is 19.6 Å². The number of likely N-dealkylation sites (tertiary alicyclic amines) is 1. The van der Waals surface area contributed by atoms with Crippen molar-refractivity contribution in [2.24, 2.45) is 0 Å². The van der Waals surface area contributed by atoms with E-state index in [1.165, 1.54) is 0 Å². The minimum Gasteiger partial charge on any atom is -0.347 e. The quantitative estimate of drug-likeness (QED) is 0.733. The third-order valence-corrected chi connectivity index (χ3v) is 4.87. The van der Waals surface area contributed by atoms with Crippen molar-refractivity contribution in [3.05, 3.63) is 65.6 Å². The lowest BCUT2D eigenvalue weighted by Crippen LogP contribution is -2.32. The zero-order valence-corrected chi connectivity index (χ0v) is 15.8. The smallest absolute Gasteiger partial charge is 0.321 e. The van der Waals surface area contributed by atoms with Crippen molar-refractivity contribution < 1.29 is 9.59 Å². The van der Waals surface area contributed by atoms with E-state index >= 15 is 0 Å². The average molecular weight is 377 g/mol. The van der Waals surface area contributed by atoms with Crippen LogP contribution in [0.2, 0.25) is 0 Å². The minimum atomic E-state index is -0.229. The number of amides is 3. The van der Waals surface area contributed by atoms with Crippen molar-refractivity contribution in [1.29, 1.82) is 0 Å². The monoisotopic (exact) mass is 377 g/mol. The molecule has 1 aliphatic rings. The molecule has 1 aliphatic heterocycles. The summed E-state index contributed by atoms with van der Waals surface area (Å²) in [6.07, 6.45) is 5.72. The van der Waals surface area contributed by atoms with E-state index in [0.717, 1.165) is 48.4 Å². The number of rotatable bonds is 4. The van der Waals surface area contributed by atoms with Gasteiger partial charge in [-0.15, -0.1) is 0 Å². The molecule has 0 atom stereocenters. The summed E-state index contributed by atoms with van der Waals surface area (Å²) < 4.78 is 1.83. The minimum absolute atomic E-state index is 0.0707. The van der Waals surface area contributed by atoms with Gasteiger partial charge in [-0.25, -0.2) is 9.78 Å². The number of benzene rings is 1. The van der Waals surface area contributed by atoms with Gasteiger partial charge >= 0.3 is 6.03 Å². The zero-order valence-electron chi connectivity index (χ0n) is 15.8. The molecule has 3 heterocycles. The predicted octanol–water partition coefficient (Wildman–Crippen LogP) is 3.20. The first kappa shape index (κ1) is 18.0. The summed E-state index contributed by atoms with van der Waals surface area (Å²) in [5, 5.41) is 5.81. The van der Waals surface area contributed by atoms with Crippen LogP contribution in [0.25, 0.3) is 5.65 Å². The lowest BCUT2D eigenvalue weighted by Gasteiger charge is -2.16. The molecule has 28 heavy (non-hydrogen) atoms. The Morgan fingerprint density at radius 2 is 1.96 bits per heavy atom. The van der Waals surface area contributed by atoms with Crippen LogP contribution >= 0.6 is 0 Å². The molecule has 7 nitrogen and oxygen atoms in total. The highest BCUT2D eigenvalue weighted by Gasteiger charge is 2.17. The van der Waals surface area contributed by atoms with Crippen molar-refractivity contribution in [3.8, 4) is 0 Å². The first-order valence-corrected chi connectivity index (χ1v) is 9.47. The van der Waals surface area contributed by atoms with Gasteiger partial charge in [-0.3, -0.25) is 4.79 Å². The Labute approximate surface area is 163 Å². The van der Waals surface area contributed by atoms with Gasteiger partial charge in [0, 0.05) is 37.7 Å². The Morgan fingerprint density at radius 1 is 1.14 bits per heavy atom. The van der Waals surface area contributed by atoms with Gasteiger partial charge in [0.15, 0.2) is 0 Å². The van der Waals surface area contributed by atoms with Crippen LogP contribution in [-0.2, 0) is 6.54 Å². The number of nitrogens with zero attached hydrogens (tertiary/aromatic N) is 3. The van der Waals surface area contributed by atoms with Gasteiger partial charge in [-0.05, 0) is 55.2 Å². The lowest BCUT2D eigenvalue weighted by atomic mass is 10.2. The molecular formula is C21H23N5O2. The molecule has 0 saturated carbocycles. The maximum atomic E-state index is 12.4. The van der Waals surface area contributed by atoms with E-state index in [2.05, 4.69) is 15.6 Å². The number of carbonyl (C=O) groups is 2. The van der Waals surface area contributed by atoms with Crippen molar-refractivity contribution in [2.75, 3.05) is 18.4 Å². The first-order valence-electron chi connectivity index (χ1n) is 9.47. The molecule has 2 aromatic heterocycles. The average Bonchev–Trinajstić information content (AvgIpc) is 3.36. The number of hydrogen-bond donors (Lipinski definition) is 2. The second-order valence-electron chi connectivity index (χ2n) is 7.10. The number of aryl methyl sites for hydroxylation is 1. The fourth-order valence-electron chi connectivity index (χ4n) is 3.35. The number of imidazole rings is 1. The summed E-state index contributed by atoms with van der Waals surface area (Å²) in [7, 11) is 0. The molecule has 0 bridgehead atoms. The summed E-state index contributed by atoms with van der Waals surface area (Å²) in [6, 6.07) is 11.3. The van der Waals surface area contributed by atoms with E-state index in [9.17, 15) is 9.59 Å². The van der Waals surface area contributed by atoms with Gasteiger partial charge in [0.1, 0.15) is 11.3 Å². The van der Waals surface area contributed by atoms with Crippen LogP contribution in [0.5, 0.6) is 0 Å². The van der Waals surface area contributed by atoms with Crippen LogP contribution in [0.1, 0.15) is 34.5 Å². The number of aromatic nitrogens is 2. The second kappa shape index (κ2) is 7.72. The highest BCUT2D eigenvalue weighted by Crippen LogP contribution is 2.14. The number of fused-ring (bicyclic) bond motifs is 1. The molecule has 144 valence electrons. The summed E-state index contributed by atoms with van der Waals surface area (Å²) in [5.41, 5.74) is 3.86. The molecule has 1 aromatic carbocycles. The molecule has 1 saturated heterocycles. The number of anilines is 1. The molecule has 3 amide bonds. The second-order valence-corrected chi connectivity index (χ2v) is 7.10. The number of urea groups is 1. The van der Waals surface area contributed by atoms with Gasteiger partial charge in [-0.1, -0.05) is 12.1 Å². The molecule has 3 aromatic rings. The molecule has 7 heteroatoms. The van der Waals surface area contributed by atoms with Gasteiger partial charge in [0.2, 0.25) is 0 Å². The van der Waals surface area contributed by atoms with E-state index in [1.54, 1.807) is 6.20 Å².